The highest BCUT2D eigenvalue weighted by atomic mass is 16.2. The Balaban J connectivity index is 1.37. The molecule has 0 aliphatic carbocycles. The number of fused-ring (bicyclic) bond motifs is 1. The standard InChI is InChI=1S/C21H22N4O2/c1-15-6-8-16(9-7-15)14-19(26)24-10-12-25(13-11-24)21(27)20-17-4-2-3-5-18(17)22-23-20/h2-9H,10-14H2,1H3,(H,22,23). The van der Waals surface area contributed by atoms with E-state index in [0.29, 0.717) is 38.3 Å². The molecule has 0 unspecified atom stereocenters. The molecule has 27 heavy (non-hydrogen) atoms. The molecule has 0 atom stereocenters. The molecular formula is C21H22N4O2. The van der Waals surface area contributed by atoms with Crippen molar-refractivity contribution in [2.75, 3.05) is 26.2 Å². The van der Waals surface area contributed by atoms with Crippen LogP contribution in [0.3, 0.4) is 0 Å². The maximum Gasteiger partial charge on any atom is 0.275 e. The third-order valence-electron chi connectivity index (χ3n) is 5.07. The van der Waals surface area contributed by atoms with Crippen LogP contribution in [0.4, 0.5) is 0 Å². The Labute approximate surface area is 157 Å². The van der Waals surface area contributed by atoms with E-state index in [0.717, 1.165) is 16.5 Å². The second-order valence-corrected chi connectivity index (χ2v) is 6.95. The fraction of sp³-hybridized carbons (Fsp3) is 0.286. The first kappa shape index (κ1) is 17.3. The zero-order chi connectivity index (χ0) is 18.8. The summed E-state index contributed by atoms with van der Waals surface area (Å²) in [7, 11) is 0. The normalized spacial score (nSPS) is 14.6. The summed E-state index contributed by atoms with van der Waals surface area (Å²) in [5, 5.41) is 7.93. The van der Waals surface area contributed by atoms with Gasteiger partial charge >= 0.3 is 0 Å². The Kier molecular flexibility index (Phi) is 4.62. The Hall–Kier alpha value is -3.15. The fourth-order valence-corrected chi connectivity index (χ4v) is 3.43. The fourth-order valence-electron chi connectivity index (χ4n) is 3.43. The first-order valence-corrected chi connectivity index (χ1v) is 9.17. The molecule has 4 rings (SSSR count). The predicted molar refractivity (Wildman–Crippen MR) is 103 cm³/mol. The van der Waals surface area contributed by atoms with Gasteiger partial charge in [-0.25, -0.2) is 0 Å². The second kappa shape index (κ2) is 7.23. The zero-order valence-electron chi connectivity index (χ0n) is 15.3. The third-order valence-corrected chi connectivity index (χ3v) is 5.07. The van der Waals surface area contributed by atoms with Crippen molar-refractivity contribution in [3.63, 3.8) is 0 Å². The molecule has 1 fully saturated rings. The van der Waals surface area contributed by atoms with Crippen LogP contribution in [0.5, 0.6) is 0 Å². The number of aryl methyl sites for hydroxylation is 1. The molecule has 1 aromatic heterocycles. The molecule has 2 aromatic carbocycles. The summed E-state index contributed by atoms with van der Waals surface area (Å²) in [5.41, 5.74) is 3.51. The molecule has 2 heterocycles. The minimum Gasteiger partial charge on any atom is -0.339 e. The number of carbonyl (C=O) groups is 2. The van der Waals surface area contributed by atoms with Gasteiger partial charge in [-0.05, 0) is 18.6 Å². The van der Waals surface area contributed by atoms with E-state index in [2.05, 4.69) is 10.2 Å². The van der Waals surface area contributed by atoms with Crippen LogP contribution in [0.1, 0.15) is 21.6 Å². The van der Waals surface area contributed by atoms with Crippen LogP contribution < -0.4 is 0 Å². The van der Waals surface area contributed by atoms with Crippen LogP contribution in [-0.2, 0) is 11.2 Å². The van der Waals surface area contributed by atoms with E-state index in [1.54, 1.807) is 4.90 Å². The molecule has 0 saturated carbocycles. The number of para-hydroxylation sites is 1. The zero-order valence-corrected chi connectivity index (χ0v) is 15.3. The largest absolute Gasteiger partial charge is 0.339 e. The van der Waals surface area contributed by atoms with Crippen molar-refractivity contribution in [1.29, 1.82) is 0 Å². The molecular weight excluding hydrogens is 340 g/mol. The van der Waals surface area contributed by atoms with E-state index in [9.17, 15) is 9.59 Å². The highest BCUT2D eigenvalue weighted by molar-refractivity contribution is 6.04. The molecule has 0 radical (unpaired) electrons. The number of benzene rings is 2. The van der Waals surface area contributed by atoms with Crippen LogP contribution >= 0.6 is 0 Å². The smallest absolute Gasteiger partial charge is 0.275 e. The number of aromatic amines is 1. The summed E-state index contributed by atoms with van der Waals surface area (Å²) in [6, 6.07) is 15.6. The lowest BCUT2D eigenvalue weighted by Gasteiger charge is -2.34. The van der Waals surface area contributed by atoms with Gasteiger partial charge in [0.05, 0.1) is 11.9 Å². The number of nitrogens with one attached hydrogen (secondary N) is 1. The van der Waals surface area contributed by atoms with Gasteiger partial charge in [-0.1, -0.05) is 48.0 Å². The number of nitrogens with zero attached hydrogens (tertiary/aromatic N) is 3. The van der Waals surface area contributed by atoms with Gasteiger partial charge in [0.2, 0.25) is 5.91 Å². The number of hydrogen-bond donors (Lipinski definition) is 1. The van der Waals surface area contributed by atoms with Crippen molar-refractivity contribution >= 4 is 22.7 Å². The summed E-state index contributed by atoms with van der Waals surface area (Å²) in [4.78, 5) is 29.0. The van der Waals surface area contributed by atoms with E-state index in [1.165, 1.54) is 5.56 Å². The van der Waals surface area contributed by atoms with Crippen molar-refractivity contribution in [1.82, 2.24) is 20.0 Å². The van der Waals surface area contributed by atoms with Crippen LogP contribution in [0.2, 0.25) is 0 Å². The molecule has 2 amide bonds. The summed E-state index contributed by atoms with van der Waals surface area (Å²) in [6.45, 7) is 4.20. The van der Waals surface area contributed by atoms with E-state index in [4.69, 9.17) is 0 Å². The van der Waals surface area contributed by atoms with Crippen molar-refractivity contribution in [2.45, 2.75) is 13.3 Å². The molecule has 6 nitrogen and oxygen atoms in total. The number of hydrogen-bond acceptors (Lipinski definition) is 3. The number of aromatic nitrogens is 2. The van der Waals surface area contributed by atoms with Crippen LogP contribution in [0, 0.1) is 6.92 Å². The topological polar surface area (TPSA) is 69.3 Å². The average molecular weight is 362 g/mol. The second-order valence-electron chi connectivity index (χ2n) is 6.95. The Bertz CT molecular complexity index is 969. The van der Waals surface area contributed by atoms with Crippen molar-refractivity contribution in [3.8, 4) is 0 Å². The van der Waals surface area contributed by atoms with Gasteiger partial charge < -0.3 is 9.80 Å². The van der Waals surface area contributed by atoms with E-state index < -0.39 is 0 Å². The molecule has 6 heteroatoms. The maximum atomic E-state index is 12.8. The number of carbonyl (C=O) groups excluding carboxylic acids is 2. The van der Waals surface area contributed by atoms with E-state index in [1.807, 2.05) is 60.4 Å². The highest BCUT2D eigenvalue weighted by Gasteiger charge is 2.27. The Morgan fingerprint density at radius 3 is 2.37 bits per heavy atom. The van der Waals surface area contributed by atoms with Crippen LogP contribution in [0.25, 0.3) is 10.9 Å². The van der Waals surface area contributed by atoms with Crippen LogP contribution in [0.15, 0.2) is 48.5 Å². The summed E-state index contributed by atoms with van der Waals surface area (Å²) >= 11 is 0. The van der Waals surface area contributed by atoms with Crippen LogP contribution in [-0.4, -0.2) is 58.0 Å². The van der Waals surface area contributed by atoms with E-state index >= 15 is 0 Å². The minimum absolute atomic E-state index is 0.0851. The average Bonchev–Trinajstić information content (AvgIpc) is 3.13. The maximum absolute atomic E-state index is 12.8. The summed E-state index contributed by atoms with van der Waals surface area (Å²) < 4.78 is 0. The van der Waals surface area contributed by atoms with Gasteiger partial charge in [-0.15, -0.1) is 0 Å². The highest BCUT2D eigenvalue weighted by Crippen LogP contribution is 2.18. The lowest BCUT2D eigenvalue weighted by molar-refractivity contribution is -0.131. The number of rotatable bonds is 3. The van der Waals surface area contributed by atoms with Gasteiger partial charge in [-0.2, -0.15) is 5.10 Å². The van der Waals surface area contributed by atoms with Gasteiger partial charge in [0.15, 0.2) is 5.69 Å². The minimum atomic E-state index is -0.0851. The molecule has 1 N–H and O–H groups in total. The number of piperazine rings is 1. The van der Waals surface area contributed by atoms with E-state index in [-0.39, 0.29) is 11.8 Å². The molecule has 0 spiro atoms. The third kappa shape index (κ3) is 3.56. The van der Waals surface area contributed by atoms with Gasteiger partial charge in [0, 0.05) is 31.6 Å². The molecule has 138 valence electrons. The molecule has 1 aliphatic heterocycles. The lowest BCUT2D eigenvalue weighted by atomic mass is 10.1. The van der Waals surface area contributed by atoms with Gasteiger partial charge in [-0.3, -0.25) is 14.7 Å². The molecule has 0 bridgehead atoms. The first-order chi connectivity index (χ1) is 13.1. The predicted octanol–water partition coefficient (Wildman–Crippen LogP) is 2.40. The van der Waals surface area contributed by atoms with Crippen molar-refractivity contribution in [2.24, 2.45) is 0 Å². The molecule has 1 saturated heterocycles. The Morgan fingerprint density at radius 1 is 0.963 bits per heavy atom. The quantitative estimate of drug-likeness (QED) is 0.778. The summed E-state index contributed by atoms with van der Waals surface area (Å²) in [6.07, 6.45) is 0.401. The van der Waals surface area contributed by atoms with Gasteiger partial charge in [0.1, 0.15) is 0 Å². The monoisotopic (exact) mass is 362 g/mol. The van der Waals surface area contributed by atoms with Crippen molar-refractivity contribution < 1.29 is 9.59 Å². The molecule has 1 aliphatic rings. The SMILES string of the molecule is Cc1ccc(CC(=O)N2CCN(C(=O)c3n[nH]c4ccccc34)CC2)cc1. The first-order valence-electron chi connectivity index (χ1n) is 9.17. The van der Waals surface area contributed by atoms with Crippen molar-refractivity contribution in [3.05, 3.63) is 65.4 Å². The molecule has 3 aromatic rings. The lowest BCUT2D eigenvalue weighted by Crippen LogP contribution is -2.51. The number of H-pyrrole nitrogens is 1. The van der Waals surface area contributed by atoms with Gasteiger partial charge in [0.25, 0.3) is 5.91 Å². The number of amides is 2. The Morgan fingerprint density at radius 2 is 1.63 bits per heavy atom. The summed E-state index contributed by atoms with van der Waals surface area (Å²) in [5.74, 6) is 0.0225.